The molecule has 0 saturated heterocycles. The van der Waals surface area contributed by atoms with E-state index in [0.29, 0.717) is 13.2 Å². The molecule has 76 valence electrons. The predicted octanol–water partition coefficient (Wildman–Crippen LogP) is 1.03. The Hall–Kier alpha value is -0.0404. The monoisotopic (exact) mass is 302 g/mol. The van der Waals surface area contributed by atoms with E-state index >= 15 is 0 Å². The number of hydrogen-bond donors (Lipinski definition) is 1. The van der Waals surface area contributed by atoms with E-state index in [1.165, 1.54) is 15.0 Å². The van der Waals surface area contributed by atoms with Crippen LogP contribution < -0.4 is 0 Å². The third-order valence-electron chi connectivity index (χ3n) is 1.29. The van der Waals surface area contributed by atoms with Crippen molar-refractivity contribution >= 4 is 26.9 Å². The molecule has 13 heavy (non-hydrogen) atoms. The van der Waals surface area contributed by atoms with Crippen LogP contribution in [0.1, 0.15) is 12.8 Å². The van der Waals surface area contributed by atoms with Gasteiger partial charge in [-0.15, -0.1) is 0 Å². The molecule has 0 aromatic heterocycles. The molecule has 4 heteroatoms. The molecule has 0 heterocycles. The van der Waals surface area contributed by atoms with Gasteiger partial charge in [-0.25, -0.2) is 0 Å². The fraction of sp³-hybridized carbons (Fsp3) is 0.667. The zero-order valence-corrected chi connectivity index (χ0v) is 10.0. The number of aliphatic hydroxyl groups excluding tert-OH is 1. The van der Waals surface area contributed by atoms with Crippen molar-refractivity contribution in [1.29, 1.82) is 0 Å². The van der Waals surface area contributed by atoms with E-state index in [-0.39, 0.29) is 26.9 Å². The Morgan fingerprint density at radius 3 is 2.77 bits per heavy atom. The Morgan fingerprint density at radius 2 is 2.15 bits per heavy atom. The molecule has 0 spiro atoms. The van der Waals surface area contributed by atoms with Crippen LogP contribution in [0.3, 0.4) is 0 Å². The third kappa shape index (κ3) is 9.88. The summed E-state index contributed by atoms with van der Waals surface area (Å²) in [5, 5.41) is 8.51. The summed E-state index contributed by atoms with van der Waals surface area (Å²) in [5.41, 5.74) is 0. The van der Waals surface area contributed by atoms with Gasteiger partial charge in [0.15, 0.2) is 0 Å². The molecule has 3 nitrogen and oxygen atoms in total. The molecule has 0 fully saturated rings. The van der Waals surface area contributed by atoms with Gasteiger partial charge in [-0.05, 0) is 0 Å². The van der Waals surface area contributed by atoms with Crippen LogP contribution >= 0.6 is 0 Å². The van der Waals surface area contributed by atoms with Gasteiger partial charge >= 0.3 is 89.2 Å². The van der Waals surface area contributed by atoms with Crippen LogP contribution in [0.25, 0.3) is 0 Å². The summed E-state index contributed by atoms with van der Waals surface area (Å²) in [5.74, 6) is -0.337. The maximum absolute atomic E-state index is 10.6. The summed E-state index contributed by atoms with van der Waals surface area (Å²) in [6, 6.07) is 0. The molecular formula is C9H16O3Te. The summed E-state index contributed by atoms with van der Waals surface area (Å²) in [6.45, 7) is 4.12. The molecule has 0 bridgehead atoms. The van der Waals surface area contributed by atoms with Crippen LogP contribution in [0.5, 0.6) is 0 Å². The van der Waals surface area contributed by atoms with Crippen LogP contribution in [-0.4, -0.2) is 45.2 Å². The minimum absolute atomic E-state index is 0.0435. The number of ether oxygens (including phenoxy) is 1. The zero-order valence-electron chi connectivity index (χ0n) is 7.70. The first-order chi connectivity index (χ1) is 6.31. The number of hydrogen-bond acceptors (Lipinski definition) is 3. The molecule has 0 rings (SSSR count). The Morgan fingerprint density at radius 1 is 1.46 bits per heavy atom. The first kappa shape index (κ1) is 13.0. The van der Waals surface area contributed by atoms with Gasteiger partial charge in [0.1, 0.15) is 0 Å². The maximum atomic E-state index is 10.6. The summed E-state index contributed by atoms with van der Waals surface area (Å²) < 4.78 is 7.17. The topological polar surface area (TPSA) is 46.5 Å². The van der Waals surface area contributed by atoms with Crippen molar-refractivity contribution in [2.45, 2.75) is 21.8 Å². The van der Waals surface area contributed by atoms with Crippen LogP contribution in [0.2, 0.25) is 8.94 Å². The number of carbonyl (C=O) groups is 1. The van der Waals surface area contributed by atoms with E-state index in [1.54, 1.807) is 0 Å². The summed E-state index contributed by atoms with van der Waals surface area (Å²) in [6.07, 6.45) is 3.06. The predicted molar refractivity (Wildman–Crippen MR) is 52.8 cm³/mol. The van der Waals surface area contributed by atoms with E-state index in [9.17, 15) is 4.79 Å². The normalized spacial score (nSPS) is 9.62. The summed E-state index contributed by atoms with van der Waals surface area (Å²) in [7, 11) is 0. The van der Waals surface area contributed by atoms with E-state index in [2.05, 4.69) is 6.58 Å². The number of rotatable bonds is 8. The molecule has 0 aromatic carbocycles. The minimum atomic E-state index is -0.337. The molecule has 0 aromatic rings. The molecule has 1 N–H and O–H groups in total. The molecule has 0 radical (unpaired) electrons. The van der Waals surface area contributed by atoms with Gasteiger partial charge in [0, 0.05) is 0 Å². The first-order valence-electron chi connectivity index (χ1n) is 4.29. The van der Waals surface area contributed by atoms with Crippen molar-refractivity contribution in [3.05, 3.63) is 12.7 Å². The van der Waals surface area contributed by atoms with E-state index in [1.807, 2.05) is 0 Å². The van der Waals surface area contributed by atoms with Crippen molar-refractivity contribution in [3.63, 3.8) is 0 Å². The Balaban J connectivity index is 2.99. The average Bonchev–Trinajstić information content (AvgIpc) is 2.16. The van der Waals surface area contributed by atoms with Gasteiger partial charge in [-0.1, -0.05) is 0 Å². The fourth-order valence-corrected chi connectivity index (χ4v) is 3.11. The van der Waals surface area contributed by atoms with Crippen LogP contribution in [0.15, 0.2) is 12.7 Å². The molecule has 0 saturated carbocycles. The van der Waals surface area contributed by atoms with Crippen LogP contribution in [0.4, 0.5) is 0 Å². The Kier molecular flexibility index (Phi) is 10.0. The molecule has 0 amide bonds. The average molecular weight is 300 g/mol. The van der Waals surface area contributed by atoms with Crippen molar-refractivity contribution in [2.75, 3.05) is 13.2 Å². The van der Waals surface area contributed by atoms with Crippen molar-refractivity contribution in [1.82, 2.24) is 0 Å². The number of carbonyl (C=O) groups excluding carboxylic acids is 1. The second kappa shape index (κ2) is 10.0. The quantitative estimate of drug-likeness (QED) is 0.315. The molecular weight excluding hydrogens is 284 g/mol. The van der Waals surface area contributed by atoms with E-state index in [4.69, 9.17) is 9.84 Å². The number of esters is 1. The molecule has 0 atom stereocenters. The molecule has 0 unspecified atom stereocenters. The zero-order chi connectivity index (χ0) is 9.94. The third-order valence-corrected chi connectivity index (χ3v) is 4.59. The molecule has 0 aliphatic heterocycles. The molecule has 0 aliphatic rings. The van der Waals surface area contributed by atoms with Crippen molar-refractivity contribution < 1.29 is 14.6 Å². The van der Waals surface area contributed by atoms with Gasteiger partial charge in [-0.2, -0.15) is 0 Å². The van der Waals surface area contributed by atoms with Crippen LogP contribution in [-0.2, 0) is 9.53 Å². The second-order valence-corrected chi connectivity index (χ2v) is 5.91. The van der Waals surface area contributed by atoms with Gasteiger partial charge < -0.3 is 0 Å². The van der Waals surface area contributed by atoms with Crippen molar-refractivity contribution in [3.8, 4) is 0 Å². The fourth-order valence-electron chi connectivity index (χ4n) is 0.661. The summed E-state index contributed by atoms with van der Waals surface area (Å²) >= 11 is 0.0435. The van der Waals surface area contributed by atoms with Crippen molar-refractivity contribution in [2.24, 2.45) is 0 Å². The SMILES string of the molecule is C=CC(=O)OCCC[Te]CCCO. The van der Waals surface area contributed by atoms with E-state index < -0.39 is 0 Å². The standard InChI is InChI=1S/C9H16O3Te/c1-2-9(11)12-6-4-8-13-7-3-5-10/h2,10H,1,3-8H2. The molecule has 0 aliphatic carbocycles. The van der Waals surface area contributed by atoms with Gasteiger partial charge in [-0.3, -0.25) is 0 Å². The van der Waals surface area contributed by atoms with Crippen LogP contribution in [0, 0.1) is 0 Å². The second-order valence-electron chi connectivity index (χ2n) is 2.41. The Bertz CT molecular complexity index is 148. The number of aliphatic hydroxyl groups is 1. The van der Waals surface area contributed by atoms with Gasteiger partial charge in [0.2, 0.25) is 0 Å². The first-order valence-corrected chi connectivity index (χ1v) is 7.58. The van der Waals surface area contributed by atoms with Gasteiger partial charge in [0.25, 0.3) is 0 Å². The van der Waals surface area contributed by atoms with E-state index in [0.717, 1.165) is 12.8 Å². The van der Waals surface area contributed by atoms with Gasteiger partial charge in [0.05, 0.1) is 0 Å². The summed E-state index contributed by atoms with van der Waals surface area (Å²) in [4.78, 5) is 10.6. The Labute approximate surface area is 89.2 Å².